The molecule has 0 saturated heterocycles. The number of rotatable bonds is 6. The Morgan fingerprint density at radius 1 is 1.45 bits per heavy atom. The fraction of sp³-hybridized carbons (Fsp3) is 0.438. The van der Waals surface area contributed by atoms with Gasteiger partial charge in [-0.05, 0) is 24.6 Å². The number of benzene rings is 1. The Kier molecular flexibility index (Phi) is 4.66. The summed E-state index contributed by atoms with van der Waals surface area (Å²) in [6.45, 7) is 4.35. The van der Waals surface area contributed by atoms with Crippen molar-refractivity contribution in [3.8, 4) is 0 Å². The minimum absolute atomic E-state index is 0.00110. The number of unbranched alkanes of at least 4 members (excludes halogenated alkanes) is 1. The quantitative estimate of drug-likeness (QED) is 0.793. The summed E-state index contributed by atoms with van der Waals surface area (Å²) < 4.78 is 5.60. The fourth-order valence-corrected chi connectivity index (χ4v) is 2.47. The van der Waals surface area contributed by atoms with Crippen molar-refractivity contribution in [2.24, 2.45) is 0 Å². The molecule has 0 aliphatic rings. The second-order valence-electron chi connectivity index (χ2n) is 5.22. The second-order valence-corrected chi connectivity index (χ2v) is 5.22. The van der Waals surface area contributed by atoms with Gasteiger partial charge in [0.05, 0.1) is 6.26 Å². The van der Waals surface area contributed by atoms with Gasteiger partial charge in [-0.25, -0.2) is 0 Å². The normalized spacial score (nSPS) is 12.5. The van der Waals surface area contributed by atoms with E-state index in [9.17, 15) is 4.79 Å². The van der Waals surface area contributed by atoms with Crippen LogP contribution >= 0.6 is 0 Å². The molecule has 1 unspecified atom stereocenters. The van der Waals surface area contributed by atoms with Gasteiger partial charge in [-0.1, -0.05) is 19.8 Å². The highest BCUT2D eigenvalue weighted by atomic mass is 16.3. The van der Waals surface area contributed by atoms with Crippen LogP contribution in [0.5, 0.6) is 0 Å². The number of fused-ring (bicyclic) bond motifs is 1. The van der Waals surface area contributed by atoms with Crippen molar-refractivity contribution in [2.45, 2.75) is 39.0 Å². The summed E-state index contributed by atoms with van der Waals surface area (Å²) in [4.78, 5) is 11.2. The molecule has 4 heteroatoms. The first kappa shape index (κ1) is 14.4. The first-order chi connectivity index (χ1) is 9.61. The molecule has 2 rings (SSSR count). The van der Waals surface area contributed by atoms with Crippen molar-refractivity contribution in [1.29, 1.82) is 0 Å². The topological polar surface area (TPSA) is 68.3 Å². The standard InChI is InChI=1S/C16H22N2O2/c1-3-4-5-12(9-18-11(2)19)15-10-20-16-7-6-13(17)8-14(15)16/h6-8,10,12H,3-5,9,17H2,1-2H3,(H,18,19). The molecule has 1 atom stereocenters. The second kappa shape index (κ2) is 6.46. The first-order valence-electron chi connectivity index (χ1n) is 7.13. The minimum Gasteiger partial charge on any atom is -0.464 e. The minimum atomic E-state index is -0.00110. The summed E-state index contributed by atoms with van der Waals surface area (Å²) in [7, 11) is 0. The Hall–Kier alpha value is -1.97. The van der Waals surface area contributed by atoms with Crippen LogP contribution in [0.1, 0.15) is 44.6 Å². The van der Waals surface area contributed by atoms with E-state index in [1.807, 2.05) is 18.2 Å². The predicted octanol–water partition coefficient (Wildman–Crippen LogP) is 3.42. The van der Waals surface area contributed by atoms with Crippen molar-refractivity contribution >= 4 is 22.6 Å². The fourth-order valence-electron chi connectivity index (χ4n) is 2.47. The Bertz CT molecular complexity index is 589. The molecule has 0 aliphatic heterocycles. The molecule has 1 aromatic carbocycles. The van der Waals surface area contributed by atoms with Crippen molar-refractivity contribution in [2.75, 3.05) is 12.3 Å². The van der Waals surface area contributed by atoms with Gasteiger partial charge in [0.1, 0.15) is 5.58 Å². The summed E-state index contributed by atoms with van der Waals surface area (Å²) in [5, 5.41) is 3.96. The van der Waals surface area contributed by atoms with E-state index in [1.165, 1.54) is 0 Å². The number of carbonyl (C=O) groups excluding carboxylic acids is 1. The Morgan fingerprint density at radius 2 is 2.25 bits per heavy atom. The third-order valence-corrected chi connectivity index (χ3v) is 3.57. The molecule has 0 saturated carbocycles. The van der Waals surface area contributed by atoms with E-state index in [0.29, 0.717) is 6.54 Å². The molecule has 0 fully saturated rings. The molecule has 1 heterocycles. The Labute approximate surface area is 119 Å². The lowest BCUT2D eigenvalue weighted by molar-refractivity contribution is -0.119. The molecule has 2 aromatic rings. The van der Waals surface area contributed by atoms with Gasteiger partial charge in [-0.2, -0.15) is 0 Å². The van der Waals surface area contributed by atoms with Crippen molar-refractivity contribution in [3.63, 3.8) is 0 Å². The molecule has 1 aromatic heterocycles. The van der Waals surface area contributed by atoms with E-state index in [4.69, 9.17) is 10.2 Å². The molecule has 1 amide bonds. The number of hydrogen-bond donors (Lipinski definition) is 2. The number of amides is 1. The van der Waals surface area contributed by atoms with Crippen molar-refractivity contribution < 1.29 is 9.21 Å². The zero-order chi connectivity index (χ0) is 14.5. The Morgan fingerprint density at radius 3 is 2.95 bits per heavy atom. The molecule has 0 radical (unpaired) electrons. The zero-order valence-corrected chi connectivity index (χ0v) is 12.1. The molecule has 4 nitrogen and oxygen atoms in total. The zero-order valence-electron chi connectivity index (χ0n) is 12.1. The summed E-state index contributed by atoms with van der Waals surface area (Å²) in [6, 6.07) is 5.68. The van der Waals surface area contributed by atoms with Gasteiger partial charge < -0.3 is 15.5 Å². The summed E-state index contributed by atoms with van der Waals surface area (Å²) in [5.41, 5.74) is 8.57. The van der Waals surface area contributed by atoms with Crippen molar-refractivity contribution in [3.05, 3.63) is 30.0 Å². The lowest BCUT2D eigenvalue weighted by Gasteiger charge is -2.16. The smallest absolute Gasteiger partial charge is 0.216 e. The average Bonchev–Trinajstić information content (AvgIpc) is 2.82. The van der Waals surface area contributed by atoms with E-state index in [0.717, 1.165) is 41.5 Å². The summed E-state index contributed by atoms with van der Waals surface area (Å²) >= 11 is 0. The maximum atomic E-state index is 11.2. The van der Waals surface area contributed by atoms with Gasteiger partial charge in [-0.3, -0.25) is 4.79 Å². The molecular weight excluding hydrogens is 252 g/mol. The number of anilines is 1. The van der Waals surface area contributed by atoms with Gasteiger partial charge >= 0.3 is 0 Å². The molecule has 20 heavy (non-hydrogen) atoms. The van der Waals surface area contributed by atoms with Crippen LogP contribution in [0.2, 0.25) is 0 Å². The number of nitrogen functional groups attached to an aromatic ring is 1. The van der Waals surface area contributed by atoms with Gasteiger partial charge in [0.15, 0.2) is 0 Å². The molecule has 0 spiro atoms. The monoisotopic (exact) mass is 274 g/mol. The van der Waals surface area contributed by atoms with Gasteiger partial charge in [0, 0.05) is 36.0 Å². The largest absolute Gasteiger partial charge is 0.464 e. The lowest BCUT2D eigenvalue weighted by Crippen LogP contribution is -2.25. The van der Waals surface area contributed by atoms with E-state index in [1.54, 1.807) is 13.2 Å². The van der Waals surface area contributed by atoms with E-state index in [2.05, 4.69) is 12.2 Å². The van der Waals surface area contributed by atoms with Crippen LogP contribution in [-0.2, 0) is 4.79 Å². The highest BCUT2D eigenvalue weighted by Gasteiger charge is 2.17. The van der Waals surface area contributed by atoms with Gasteiger partial charge in [0.25, 0.3) is 0 Å². The van der Waals surface area contributed by atoms with E-state index in [-0.39, 0.29) is 11.8 Å². The van der Waals surface area contributed by atoms with Crippen LogP contribution in [0, 0.1) is 0 Å². The van der Waals surface area contributed by atoms with Crippen LogP contribution in [0.4, 0.5) is 5.69 Å². The summed E-state index contributed by atoms with van der Waals surface area (Å²) in [5.74, 6) is 0.265. The number of furan rings is 1. The van der Waals surface area contributed by atoms with Crippen molar-refractivity contribution in [1.82, 2.24) is 5.32 Å². The predicted molar refractivity (Wildman–Crippen MR) is 81.6 cm³/mol. The summed E-state index contributed by atoms with van der Waals surface area (Å²) in [6.07, 6.45) is 5.08. The Balaban J connectivity index is 2.28. The third-order valence-electron chi connectivity index (χ3n) is 3.57. The average molecular weight is 274 g/mol. The van der Waals surface area contributed by atoms with Crippen LogP contribution in [0.15, 0.2) is 28.9 Å². The SMILES string of the molecule is CCCCC(CNC(C)=O)c1coc2ccc(N)cc12. The van der Waals surface area contributed by atoms with Crippen LogP contribution in [0.25, 0.3) is 11.0 Å². The van der Waals surface area contributed by atoms with Gasteiger partial charge in [0.2, 0.25) is 5.91 Å². The number of nitrogens with two attached hydrogens (primary N) is 1. The maximum absolute atomic E-state index is 11.2. The number of nitrogens with one attached hydrogen (secondary N) is 1. The van der Waals surface area contributed by atoms with E-state index < -0.39 is 0 Å². The highest BCUT2D eigenvalue weighted by Crippen LogP contribution is 2.31. The molecule has 3 N–H and O–H groups in total. The van der Waals surface area contributed by atoms with Crippen LogP contribution in [-0.4, -0.2) is 12.5 Å². The van der Waals surface area contributed by atoms with Crippen LogP contribution < -0.4 is 11.1 Å². The first-order valence-corrected chi connectivity index (χ1v) is 7.13. The maximum Gasteiger partial charge on any atom is 0.216 e. The molecule has 108 valence electrons. The number of hydrogen-bond acceptors (Lipinski definition) is 3. The molecule has 0 bridgehead atoms. The van der Waals surface area contributed by atoms with E-state index >= 15 is 0 Å². The van der Waals surface area contributed by atoms with Crippen LogP contribution in [0.3, 0.4) is 0 Å². The number of carbonyl (C=O) groups is 1. The molecular formula is C16H22N2O2. The lowest BCUT2D eigenvalue weighted by atomic mass is 9.93. The van der Waals surface area contributed by atoms with Gasteiger partial charge in [-0.15, -0.1) is 0 Å². The highest BCUT2D eigenvalue weighted by molar-refractivity contribution is 5.84. The molecule has 0 aliphatic carbocycles. The third kappa shape index (κ3) is 3.32.